The molecule has 3 N–H and O–H groups in total. The highest BCUT2D eigenvalue weighted by molar-refractivity contribution is 7.98. The lowest BCUT2D eigenvalue weighted by Crippen LogP contribution is -2.61. The van der Waals surface area contributed by atoms with Crippen molar-refractivity contribution in [2.24, 2.45) is 13.0 Å². The van der Waals surface area contributed by atoms with E-state index in [1.807, 2.05) is 24.8 Å². The molecule has 2 aliphatic rings. The van der Waals surface area contributed by atoms with Crippen molar-refractivity contribution >= 4 is 45.4 Å². The minimum atomic E-state index is -1.20. The van der Waals surface area contributed by atoms with Crippen LogP contribution in [0.1, 0.15) is 24.0 Å². The maximum atomic E-state index is 12.4. The Morgan fingerprint density at radius 2 is 2.11 bits per heavy atom. The zero-order chi connectivity index (χ0) is 19.8. The molecule has 0 saturated carbocycles. The smallest absolute Gasteiger partial charge is 0.352 e. The van der Waals surface area contributed by atoms with Crippen molar-refractivity contribution in [3.05, 3.63) is 16.4 Å². The molecule has 10 heteroatoms. The minimum absolute atomic E-state index is 0.0132. The van der Waals surface area contributed by atoms with Gasteiger partial charge >= 0.3 is 11.8 Å². The van der Waals surface area contributed by atoms with Crippen LogP contribution in [0.15, 0.2) is 10.7 Å². The Kier molecular flexibility index (Phi) is 4.06. The van der Waals surface area contributed by atoms with Gasteiger partial charge in [-0.2, -0.15) is 0 Å². The Morgan fingerprint density at radius 1 is 1.44 bits per heavy atom. The topological polar surface area (TPSA) is 106 Å². The molecular weight excluding hydrogens is 390 g/mol. The Balaban J connectivity index is 1.90. The summed E-state index contributed by atoms with van der Waals surface area (Å²) < 4.78 is 3.68. The third-order valence-corrected chi connectivity index (χ3v) is 7.70. The van der Waals surface area contributed by atoms with Crippen LogP contribution in [-0.2, 0) is 16.6 Å². The number of carboxylic acids is 1. The summed E-state index contributed by atoms with van der Waals surface area (Å²) in [6.07, 6.45) is 1.41. The highest BCUT2D eigenvalue weighted by atomic mass is 32.2. The van der Waals surface area contributed by atoms with Gasteiger partial charge in [-0.25, -0.2) is 9.36 Å². The van der Waals surface area contributed by atoms with Gasteiger partial charge in [-0.15, -0.1) is 4.40 Å². The first kappa shape index (κ1) is 18.3. The number of fused-ring (bicyclic) bond motifs is 2. The van der Waals surface area contributed by atoms with Crippen molar-refractivity contribution < 1.29 is 29.5 Å². The molecule has 4 heterocycles. The Bertz CT molecular complexity index is 1040. The summed E-state index contributed by atoms with van der Waals surface area (Å²) in [4.78, 5) is 26.8. The number of carbonyl (C=O) groups excluding carboxylic acids is 1. The number of carboxylic acid groups (broad SMARTS) is 1. The normalized spacial score (nSPS) is 23.1. The molecule has 1 fully saturated rings. The SMILES string of the molecule is CSc1c2sc(C3=C(C(=O)O)N4C(=O)[C@H]([C@@H](C)O)[C@H]4C3)c(O)n2c(C)[n+]1C. The van der Waals surface area contributed by atoms with Crippen LogP contribution in [-0.4, -0.2) is 54.9 Å². The van der Waals surface area contributed by atoms with Gasteiger partial charge in [0.2, 0.25) is 15.8 Å². The van der Waals surface area contributed by atoms with Crippen molar-refractivity contribution in [3.8, 4) is 5.88 Å². The van der Waals surface area contributed by atoms with Crippen LogP contribution in [0.5, 0.6) is 5.88 Å². The maximum Gasteiger partial charge on any atom is 0.352 e. The number of aromatic nitrogens is 2. The number of carbonyl (C=O) groups is 2. The molecule has 1 saturated heterocycles. The summed E-state index contributed by atoms with van der Waals surface area (Å²) in [7, 11) is 1.91. The number of aliphatic hydroxyl groups excluding tert-OH is 1. The largest absolute Gasteiger partial charge is 0.477 e. The van der Waals surface area contributed by atoms with Gasteiger partial charge in [-0.1, -0.05) is 23.1 Å². The van der Waals surface area contributed by atoms with Crippen LogP contribution in [0.25, 0.3) is 10.4 Å². The number of amides is 1. The van der Waals surface area contributed by atoms with Crippen molar-refractivity contribution in [2.45, 2.75) is 37.4 Å². The van der Waals surface area contributed by atoms with E-state index >= 15 is 0 Å². The van der Waals surface area contributed by atoms with E-state index in [-0.39, 0.29) is 23.5 Å². The lowest BCUT2D eigenvalue weighted by atomic mass is 9.83. The van der Waals surface area contributed by atoms with Crippen molar-refractivity contribution in [2.75, 3.05) is 6.26 Å². The molecule has 2 aliphatic heterocycles. The number of aryl methyl sites for hydroxylation is 1. The summed E-state index contributed by atoms with van der Waals surface area (Å²) in [5, 5.41) is 31.4. The highest BCUT2D eigenvalue weighted by Crippen LogP contribution is 2.50. The van der Waals surface area contributed by atoms with E-state index in [4.69, 9.17) is 0 Å². The van der Waals surface area contributed by atoms with Gasteiger partial charge in [0.25, 0.3) is 5.82 Å². The molecule has 2 aromatic rings. The van der Waals surface area contributed by atoms with E-state index in [1.165, 1.54) is 16.2 Å². The molecular formula is C17H20N3O5S2+. The van der Waals surface area contributed by atoms with E-state index in [9.17, 15) is 24.9 Å². The summed E-state index contributed by atoms with van der Waals surface area (Å²) in [6, 6.07) is -0.378. The molecule has 27 heavy (non-hydrogen) atoms. The molecule has 2 aromatic heterocycles. The molecule has 0 aromatic carbocycles. The zero-order valence-corrected chi connectivity index (χ0v) is 16.9. The van der Waals surface area contributed by atoms with E-state index in [1.54, 1.807) is 23.1 Å². The third kappa shape index (κ3) is 2.23. The fourth-order valence-corrected chi connectivity index (χ4v) is 6.42. The predicted molar refractivity (Wildman–Crippen MR) is 99.6 cm³/mol. The summed E-state index contributed by atoms with van der Waals surface area (Å²) in [5.41, 5.74) is 0.360. The molecule has 1 amide bonds. The van der Waals surface area contributed by atoms with Gasteiger partial charge < -0.3 is 20.2 Å². The number of hydrogen-bond acceptors (Lipinski definition) is 6. The van der Waals surface area contributed by atoms with Crippen molar-refractivity contribution in [1.82, 2.24) is 9.30 Å². The van der Waals surface area contributed by atoms with Crippen molar-refractivity contribution in [1.29, 1.82) is 0 Å². The van der Waals surface area contributed by atoms with E-state index in [0.29, 0.717) is 16.9 Å². The van der Waals surface area contributed by atoms with Crippen LogP contribution in [0, 0.1) is 12.8 Å². The van der Waals surface area contributed by atoms with Gasteiger partial charge in [0.05, 0.1) is 25.1 Å². The van der Waals surface area contributed by atoms with Gasteiger partial charge in [0, 0.05) is 12.5 Å². The predicted octanol–water partition coefficient (Wildman–Crippen LogP) is 0.968. The zero-order valence-electron chi connectivity index (χ0n) is 15.3. The van der Waals surface area contributed by atoms with Gasteiger partial charge in [0.1, 0.15) is 10.6 Å². The summed E-state index contributed by atoms with van der Waals surface area (Å²) >= 11 is 2.87. The van der Waals surface area contributed by atoms with E-state index in [0.717, 1.165) is 15.7 Å². The van der Waals surface area contributed by atoms with Crippen LogP contribution in [0.4, 0.5) is 0 Å². The van der Waals surface area contributed by atoms with Gasteiger partial charge in [-0.05, 0) is 19.6 Å². The second-order valence-corrected chi connectivity index (χ2v) is 8.68. The second-order valence-electron chi connectivity index (χ2n) is 6.89. The average Bonchev–Trinajstić information content (AvgIpc) is 3.17. The molecule has 0 bridgehead atoms. The first-order chi connectivity index (χ1) is 12.7. The quantitative estimate of drug-likeness (QED) is 0.394. The van der Waals surface area contributed by atoms with Crippen LogP contribution < -0.4 is 4.57 Å². The van der Waals surface area contributed by atoms with E-state index < -0.39 is 18.0 Å². The van der Waals surface area contributed by atoms with Gasteiger partial charge in [-0.3, -0.25) is 4.79 Å². The molecule has 4 rings (SSSR count). The number of aromatic hydroxyl groups is 1. The maximum absolute atomic E-state index is 12.4. The number of aliphatic carboxylic acids is 1. The first-order valence-corrected chi connectivity index (χ1v) is 10.5. The van der Waals surface area contributed by atoms with Crippen molar-refractivity contribution in [3.63, 3.8) is 0 Å². The number of aliphatic hydroxyl groups is 1. The number of hydrogen-bond donors (Lipinski definition) is 3. The van der Waals surface area contributed by atoms with Crippen LogP contribution in [0.2, 0.25) is 0 Å². The molecule has 0 aliphatic carbocycles. The fourth-order valence-electron chi connectivity index (χ4n) is 4.16. The first-order valence-electron chi connectivity index (χ1n) is 8.45. The fraction of sp³-hybridized carbons (Fsp3) is 0.471. The average molecular weight is 410 g/mol. The lowest BCUT2D eigenvalue weighted by Gasteiger charge is -2.44. The number of rotatable bonds is 4. The molecule has 0 spiro atoms. The van der Waals surface area contributed by atoms with Gasteiger partial charge in [0.15, 0.2) is 0 Å². The summed E-state index contributed by atoms with van der Waals surface area (Å²) in [5.74, 6) is -1.37. The molecule has 8 nitrogen and oxygen atoms in total. The Labute approximate surface area is 163 Å². The van der Waals surface area contributed by atoms with Crippen LogP contribution in [0.3, 0.4) is 0 Å². The van der Waals surface area contributed by atoms with Crippen LogP contribution >= 0.6 is 23.1 Å². The number of nitrogens with zero attached hydrogens (tertiary/aromatic N) is 3. The second kappa shape index (κ2) is 5.98. The Morgan fingerprint density at radius 3 is 2.67 bits per heavy atom. The highest BCUT2D eigenvalue weighted by Gasteiger charge is 2.57. The number of thiazole rings is 1. The third-order valence-electron chi connectivity index (χ3n) is 5.51. The summed E-state index contributed by atoms with van der Waals surface area (Å²) in [6.45, 7) is 3.42. The number of imidazole rings is 1. The van der Waals surface area contributed by atoms with E-state index in [2.05, 4.69) is 0 Å². The molecule has 0 unspecified atom stereocenters. The molecule has 0 radical (unpaired) electrons. The molecule has 3 atom stereocenters. The number of thioether (sulfide) groups is 1. The standard InChI is InChI=1S/C17H19N3O5S2/c1-6(21)10-9-5-8(11(17(24)25)20(9)13(10)22)12-14(23)19-7(2)18(3)15(26-4)16(19)27-12/h6,9-10,21H,5H2,1-4H3,(H-,23,24,25)/p+1/t6-,9-,10-/m1/s1. The lowest BCUT2D eigenvalue weighted by molar-refractivity contribution is -0.711. The Hall–Kier alpha value is -2.04. The monoisotopic (exact) mass is 410 g/mol. The molecule has 144 valence electrons. The number of β-lactam (4-membered cyclic amide) rings is 1. The minimum Gasteiger partial charge on any atom is -0.477 e.